The van der Waals surface area contributed by atoms with Crippen LogP contribution in [0.4, 0.5) is 0 Å². The predicted molar refractivity (Wildman–Crippen MR) is 71.8 cm³/mol. The molecule has 6 nitrogen and oxygen atoms in total. The number of carbonyl (C=O) groups excluding carboxylic acids is 1. The molecule has 0 saturated heterocycles. The van der Waals surface area contributed by atoms with Gasteiger partial charge in [0.1, 0.15) is 11.5 Å². The first-order valence-corrected chi connectivity index (χ1v) is 6.63. The molecule has 1 aliphatic rings. The third-order valence-corrected chi connectivity index (χ3v) is 3.60. The van der Waals surface area contributed by atoms with Gasteiger partial charge < -0.3 is 9.30 Å². The third-order valence-electron chi connectivity index (χ3n) is 3.60. The van der Waals surface area contributed by atoms with Crippen molar-refractivity contribution in [1.82, 2.24) is 19.7 Å². The highest BCUT2D eigenvalue weighted by molar-refractivity contribution is 5.72. The van der Waals surface area contributed by atoms with Gasteiger partial charge in [-0.1, -0.05) is 6.07 Å². The Morgan fingerprint density at radius 3 is 3.00 bits per heavy atom. The Hall–Kier alpha value is -2.24. The molecular weight excluding hydrogens is 256 g/mol. The minimum atomic E-state index is -0.174. The number of methoxy groups -OCH3 is 1. The van der Waals surface area contributed by atoms with Crippen molar-refractivity contribution in [1.29, 1.82) is 0 Å². The van der Waals surface area contributed by atoms with Crippen molar-refractivity contribution in [3.05, 3.63) is 29.7 Å². The molecule has 20 heavy (non-hydrogen) atoms. The minimum absolute atomic E-state index is 0.132. The van der Waals surface area contributed by atoms with Crippen molar-refractivity contribution >= 4 is 5.97 Å². The predicted octanol–water partition coefficient (Wildman–Crippen LogP) is 1.38. The summed E-state index contributed by atoms with van der Waals surface area (Å²) < 4.78 is 6.82. The van der Waals surface area contributed by atoms with E-state index in [9.17, 15) is 4.79 Å². The van der Waals surface area contributed by atoms with Crippen LogP contribution < -0.4 is 0 Å². The lowest BCUT2D eigenvalue weighted by Crippen LogP contribution is -2.28. The molecule has 1 atom stereocenters. The van der Waals surface area contributed by atoms with Crippen LogP contribution in [0.5, 0.6) is 0 Å². The van der Waals surface area contributed by atoms with E-state index < -0.39 is 0 Å². The van der Waals surface area contributed by atoms with Gasteiger partial charge in [0.2, 0.25) is 0 Å². The standard InChI is InChI=1S/C14H16N4O2/c1-9-4-3-5-11(15-9)13-17-16-12-7-6-10(8-18(12)13)14(19)20-2/h3-5,10H,6-8H2,1-2H3. The second-order valence-corrected chi connectivity index (χ2v) is 4.97. The van der Waals surface area contributed by atoms with Crippen LogP contribution in [0.1, 0.15) is 17.9 Å². The van der Waals surface area contributed by atoms with E-state index in [0.29, 0.717) is 6.54 Å². The first-order chi connectivity index (χ1) is 9.69. The number of esters is 1. The fraction of sp³-hybridized carbons (Fsp3) is 0.429. The molecule has 2 aromatic rings. The number of aryl methyl sites for hydroxylation is 2. The van der Waals surface area contributed by atoms with Crippen molar-refractivity contribution in [2.45, 2.75) is 26.3 Å². The quantitative estimate of drug-likeness (QED) is 0.772. The normalized spacial score (nSPS) is 17.6. The molecule has 0 N–H and O–H groups in total. The topological polar surface area (TPSA) is 69.9 Å². The summed E-state index contributed by atoms with van der Waals surface area (Å²) in [5, 5.41) is 8.43. The van der Waals surface area contributed by atoms with Crippen molar-refractivity contribution in [3.63, 3.8) is 0 Å². The maximum atomic E-state index is 11.7. The molecule has 0 aromatic carbocycles. The number of carbonyl (C=O) groups is 1. The molecule has 3 heterocycles. The van der Waals surface area contributed by atoms with Gasteiger partial charge in [0, 0.05) is 18.7 Å². The van der Waals surface area contributed by atoms with Gasteiger partial charge in [-0.05, 0) is 25.5 Å². The fourth-order valence-corrected chi connectivity index (χ4v) is 2.54. The van der Waals surface area contributed by atoms with Crippen LogP contribution in [0.25, 0.3) is 11.5 Å². The largest absolute Gasteiger partial charge is 0.469 e. The first-order valence-electron chi connectivity index (χ1n) is 6.63. The van der Waals surface area contributed by atoms with E-state index in [0.717, 1.165) is 35.9 Å². The molecule has 3 rings (SSSR count). The van der Waals surface area contributed by atoms with Gasteiger partial charge in [0.15, 0.2) is 5.82 Å². The number of nitrogens with zero attached hydrogens (tertiary/aromatic N) is 4. The molecule has 0 bridgehead atoms. The van der Waals surface area contributed by atoms with E-state index in [1.54, 1.807) is 0 Å². The summed E-state index contributed by atoms with van der Waals surface area (Å²) in [6.45, 7) is 2.49. The summed E-state index contributed by atoms with van der Waals surface area (Å²) in [5.41, 5.74) is 1.72. The molecule has 0 spiro atoms. The van der Waals surface area contributed by atoms with Crippen molar-refractivity contribution in [2.75, 3.05) is 7.11 Å². The Morgan fingerprint density at radius 2 is 2.25 bits per heavy atom. The molecule has 104 valence electrons. The highest BCUT2D eigenvalue weighted by atomic mass is 16.5. The number of rotatable bonds is 2. The minimum Gasteiger partial charge on any atom is -0.469 e. The lowest BCUT2D eigenvalue weighted by atomic mass is 9.99. The average molecular weight is 272 g/mol. The lowest BCUT2D eigenvalue weighted by Gasteiger charge is -2.22. The molecular formula is C14H16N4O2. The molecule has 2 aromatic heterocycles. The zero-order chi connectivity index (χ0) is 14.1. The van der Waals surface area contributed by atoms with Crippen LogP contribution in [0.15, 0.2) is 18.2 Å². The van der Waals surface area contributed by atoms with E-state index in [1.807, 2.05) is 29.7 Å². The Labute approximate surface area is 116 Å². The lowest BCUT2D eigenvalue weighted by molar-refractivity contribution is -0.146. The van der Waals surface area contributed by atoms with Crippen molar-refractivity contribution in [3.8, 4) is 11.5 Å². The molecule has 0 saturated carbocycles. The SMILES string of the molecule is COC(=O)C1CCc2nnc(-c3cccc(C)n3)n2C1. The van der Waals surface area contributed by atoms with E-state index in [4.69, 9.17) is 4.74 Å². The van der Waals surface area contributed by atoms with E-state index in [1.165, 1.54) is 7.11 Å². The molecule has 0 radical (unpaired) electrons. The number of hydrogen-bond acceptors (Lipinski definition) is 5. The summed E-state index contributed by atoms with van der Waals surface area (Å²) in [6, 6.07) is 5.79. The van der Waals surface area contributed by atoms with Crippen LogP contribution in [0.2, 0.25) is 0 Å². The van der Waals surface area contributed by atoms with Gasteiger partial charge >= 0.3 is 5.97 Å². The summed E-state index contributed by atoms with van der Waals surface area (Å²) in [6.07, 6.45) is 1.49. The van der Waals surface area contributed by atoms with Gasteiger partial charge in [-0.2, -0.15) is 0 Å². The Bertz CT molecular complexity index is 650. The van der Waals surface area contributed by atoms with Crippen LogP contribution in [-0.2, 0) is 22.5 Å². The average Bonchev–Trinajstić information content (AvgIpc) is 2.89. The summed E-state index contributed by atoms with van der Waals surface area (Å²) >= 11 is 0. The number of aromatic nitrogens is 4. The maximum absolute atomic E-state index is 11.7. The zero-order valence-corrected chi connectivity index (χ0v) is 11.5. The Kier molecular flexibility index (Phi) is 3.22. The molecule has 0 amide bonds. The van der Waals surface area contributed by atoms with E-state index in [-0.39, 0.29) is 11.9 Å². The monoisotopic (exact) mass is 272 g/mol. The zero-order valence-electron chi connectivity index (χ0n) is 11.5. The number of fused-ring (bicyclic) bond motifs is 1. The second-order valence-electron chi connectivity index (χ2n) is 4.97. The second kappa shape index (κ2) is 5.03. The summed E-state index contributed by atoms with van der Waals surface area (Å²) in [7, 11) is 1.42. The molecule has 1 aliphatic heterocycles. The number of ether oxygens (including phenoxy) is 1. The summed E-state index contributed by atoms with van der Waals surface area (Å²) in [5.74, 6) is 1.32. The smallest absolute Gasteiger partial charge is 0.310 e. The van der Waals surface area contributed by atoms with E-state index >= 15 is 0 Å². The van der Waals surface area contributed by atoms with Crippen LogP contribution in [0.3, 0.4) is 0 Å². The fourth-order valence-electron chi connectivity index (χ4n) is 2.54. The van der Waals surface area contributed by atoms with Gasteiger partial charge in [-0.25, -0.2) is 4.98 Å². The third kappa shape index (κ3) is 2.17. The number of pyridine rings is 1. The molecule has 0 fully saturated rings. The Morgan fingerprint density at radius 1 is 1.40 bits per heavy atom. The highest BCUT2D eigenvalue weighted by Crippen LogP contribution is 2.25. The van der Waals surface area contributed by atoms with E-state index in [2.05, 4.69) is 15.2 Å². The maximum Gasteiger partial charge on any atom is 0.310 e. The molecule has 1 unspecified atom stereocenters. The van der Waals surface area contributed by atoms with Crippen LogP contribution >= 0.6 is 0 Å². The van der Waals surface area contributed by atoms with Gasteiger partial charge in [-0.15, -0.1) is 10.2 Å². The first kappa shape index (κ1) is 12.8. The summed E-state index contributed by atoms with van der Waals surface area (Å²) in [4.78, 5) is 16.2. The van der Waals surface area contributed by atoms with Crippen LogP contribution in [0, 0.1) is 12.8 Å². The highest BCUT2D eigenvalue weighted by Gasteiger charge is 2.28. The Balaban J connectivity index is 1.97. The molecule has 0 aliphatic carbocycles. The van der Waals surface area contributed by atoms with Crippen LogP contribution in [-0.4, -0.2) is 32.8 Å². The number of hydrogen-bond donors (Lipinski definition) is 0. The van der Waals surface area contributed by atoms with Gasteiger partial charge in [-0.3, -0.25) is 4.79 Å². The van der Waals surface area contributed by atoms with Crippen molar-refractivity contribution in [2.24, 2.45) is 5.92 Å². The van der Waals surface area contributed by atoms with Gasteiger partial charge in [0.25, 0.3) is 0 Å². The van der Waals surface area contributed by atoms with Crippen molar-refractivity contribution < 1.29 is 9.53 Å². The van der Waals surface area contributed by atoms with Gasteiger partial charge in [0.05, 0.1) is 13.0 Å². The molecule has 6 heteroatoms.